The second kappa shape index (κ2) is 8.79. The van der Waals surface area contributed by atoms with Crippen LogP contribution in [-0.2, 0) is 4.79 Å². The Morgan fingerprint density at radius 2 is 2.07 bits per heavy atom. The Bertz CT molecular complexity index is 173. The van der Waals surface area contributed by atoms with Gasteiger partial charge in [-0.2, -0.15) is 0 Å². The van der Waals surface area contributed by atoms with E-state index < -0.39 is 5.97 Å². The lowest BCUT2D eigenvalue weighted by Gasteiger charge is -2.03. The van der Waals surface area contributed by atoms with Crippen LogP contribution in [0.1, 0.15) is 52.4 Å². The molecule has 82 valence electrons. The Morgan fingerprint density at radius 1 is 1.36 bits per heavy atom. The minimum Gasteiger partial charge on any atom is -0.481 e. The molecule has 0 fully saturated rings. The van der Waals surface area contributed by atoms with Crippen molar-refractivity contribution in [1.82, 2.24) is 0 Å². The van der Waals surface area contributed by atoms with Crippen LogP contribution < -0.4 is 0 Å². The highest BCUT2D eigenvalue weighted by molar-refractivity contribution is 5.66. The molecule has 0 spiro atoms. The van der Waals surface area contributed by atoms with Crippen molar-refractivity contribution in [1.29, 1.82) is 0 Å². The zero-order valence-corrected chi connectivity index (χ0v) is 9.33. The Hall–Kier alpha value is -0.790. The zero-order chi connectivity index (χ0) is 10.8. The Morgan fingerprint density at radius 3 is 2.64 bits per heavy atom. The normalized spacial score (nSPS) is 13.3. The first kappa shape index (κ1) is 13.2. The standard InChI is InChI=1S/C12H22O2/c1-3-4-5-6-7-8-9-11(2)10-12(13)14/h7-8,11H,3-6,9-10H2,1-2H3,(H,13,14). The average Bonchev–Trinajstić information content (AvgIpc) is 2.10. The van der Waals surface area contributed by atoms with Crippen LogP contribution in [0, 0.1) is 5.92 Å². The number of allylic oxidation sites excluding steroid dienone is 2. The van der Waals surface area contributed by atoms with Crippen molar-refractivity contribution in [2.75, 3.05) is 0 Å². The van der Waals surface area contributed by atoms with E-state index in [4.69, 9.17) is 5.11 Å². The molecule has 0 rings (SSSR count). The van der Waals surface area contributed by atoms with Gasteiger partial charge in [0.1, 0.15) is 0 Å². The predicted octanol–water partition coefficient (Wildman–Crippen LogP) is 3.62. The molecule has 2 heteroatoms. The third-order valence-corrected chi connectivity index (χ3v) is 2.20. The van der Waals surface area contributed by atoms with Gasteiger partial charge in [-0.3, -0.25) is 4.79 Å². The summed E-state index contributed by atoms with van der Waals surface area (Å²) in [6.07, 6.45) is 10.4. The maximum absolute atomic E-state index is 10.4. The third-order valence-electron chi connectivity index (χ3n) is 2.20. The number of carbonyl (C=O) groups is 1. The lowest BCUT2D eigenvalue weighted by Crippen LogP contribution is -2.02. The van der Waals surface area contributed by atoms with Crippen molar-refractivity contribution in [2.45, 2.75) is 52.4 Å². The molecule has 1 N–H and O–H groups in total. The molecular weight excluding hydrogens is 176 g/mol. The molecule has 0 aromatic rings. The lowest BCUT2D eigenvalue weighted by atomic mass is 10.0. The van der Waals surface area contributed by atoms with Crippen molar-refractivity contribution in [3.05, 3.63) is 12.2 Å². The van der Waals surface area contributed by atoms with E-state index in [9.17, 15) is 4.79 Å². The van der Waals surface area contributed by atoms with Crippen LogP contribution in [0.15, 0.2) is 12.2 Å². The van der Waals surface area contributed by atoms with Gasteiger partial charge >= 0.3 is 5.97 Å². The highest BCUT2D eigenvalue weighted by Crippen LogP contribution is 2.09. The van der Waals surface area contributed by atoms with Crippen LogP contribution in [0.5, 0.6) is 0 Å². The van der Waals surface area contributed by atoms with E-state index in [1.807, 2.05) is 6.92 Å². The Labute approximate surface area is 87.0 Å². The van der Waals surface area contributed by atoms with Crippen molar-refractivity contribution < 1.29 is 9.90 Å². The maximum atomic E-state index is 10.4. The van der Waals surface area contributed by atoms with Gasteiger partial charge in [-0.05, 0) is 25.2 Å². The van der Waals surface area contributed by atoms with Crippen molar-refractivity contribution in [2.24, 2.45) is 5.92 Å². The largest absolute Gasteiger partial charge is 0.481 e. The predicted molar refractivity (Wildman–Crippen MR) is 59.3 cm³/mol. The smallest absolute Gasteiger partial charge is 0.303 e. The molecule has 0 saturated carbocycles. The number of hydrogen-bond acceptors (Lipinski definition) is 1. The SMILES string of the molecule is CCCCCC=CCC(C)CC(=O)O. The minimum absolute atomic E-state index is 0.259. The minimum atomic E-state index is -0.697. The number of hydrogen-bond donors (Lipinski definition) is 1. The molecule has 2 nitrogen and oxygen atoms in total. The van der Waals surface area contributed by atoms with Crippen LogP contribution >= 0.6 is 0 Å². The van der Waals surface area contributed by atoms with Gasteiger partial charge in [0.15, 0.2) is 0 Å². The molecule has 0 aliphatic carbocycles. The summed E-state index contributed by atoms with van der Waals surface area (Å²) in [5.74, 6) is -0.438. The van der Waals surface area contributed by atoms with Crippen LogP contribution in [0.3, 0.4) is 0 Å². The molecule has 14 heavy (non-hydrogen) atoms. The highest BCUT2D eigenvalue weighted by atomic mass is 16.4. The van der Waals surface area contributed by atoms with Crippen molar-refractivity contribution in [3.63, 3.8) is 0 Å². The van der Waals surface area contributed by atoms with Crippen molar-refractivity contribution in [3.8, 4) is 0 Å². The van der Waals surface area contributed by atoms with Crippen LogP contribution in [0.2, 0.25) is 0 Å². The van der Waals surface area contributed by atoms with Crippen LogP contribution in [0.25, 0.3) is 0 Å². The van der Waals surface area contributed by atoms with Gasteiger partial charge < -0.3 is 5.11 Å². The summed E-state index contributed by atoms with van der Waals surface area (Å²) in [6.45, 7) is 4.17. The molecule has 0 saturated heterocycles. The Balaban J connectivity index is 3.36. The summed E-state index contributed by atoms with van der Waals surface area (Å²) in [4.78, 5) is 10.4. The fourth-order valence-corrected chi connectivity index (χ4v) is 1.34. The van der Waals surface area contributed by atoms with E-state index in [0.29, 0.717) is 0 Å². The topological polar surface area (TPSA) is 37.3 Å². The van der Waals surface area contributed by atoms with Crippen LogP contribution in [0.4, 0.5) is 0 Å². The molecule has 0 aromatic carbocycles. The van der Waals surface area contributed by atoms with E-state index >= 15 is 0 Å². The van der Waals surface area contributed by atoms with E-state index in [1.165, 1.54) is 19.3 Å². The van der Waals surface area contributed by atoms with Gasteiger partial charge in [0.2, 0.25) is 0 Å². The van der Waals surface area contributed by atoms with Gasteiger partial charge in [-0.1, -0.05) is 38.8 Å². The summed E-state index contributed by atoms with van der Waals surface area (Å²) in [5.41, 5.74) is 0. The maximum Gasteiger partial charge on any atom is 0.303 e. The monoisotopic (exact) mass is 198 g/mol. The second-order valence-electron chi connectivity index (χ2n) is 3.91. The summed E-state index contributed by atoms with van der Waals surface area (Å²) in [7, 11) is 0. The van der Waals surface area contributed by atoms with Gasteiger partial charge in [0.25, 0.3) is 0 Å². The molecule has 0 aliphatic heterocycles. The molecular formula is C12H22O2. The van der Waals surface area contributed by atoms with E-state index in [-0.39, 0.29) is 12.3 Å². The summed E-state index contributed by atoms with van der Waals surface area (Å²) in [5, 5.41) is 8.53. The van der Waals surface area contributed by atoms with E-state index in [0.717, 1.165) is 12.8 Å². The molecule has 0 aliphatic rings. The molecule has 0 bridgehead atoms. The lowest BCUT2D eigenvalue weighted by molar-refractivity contribution is -0.137. The fraction of sp³-hybridized carbons (Fsp3) is 0.750. The molecule has 0 aromatic heterocycles. The quantitative estimate of drug-likeness (QED) is 0.477. The summed E-state index contributed by atoms with van der Waals surface area (Å²) >= 11 is 0. The summed E-state index contributed by atoms with van der Waals surface area (Å²) in [6, 6.07) is 0. The second-order valence-corrected chi connectivity index (χ2v) is 3.91. The molecule has 0 heterocycles. The number of unbranched alkanes of at least 4 members (excludes halogenated alkanes) is 3. The first-order chi connectivity index (χ1) is 6.66. The molecule has 0 amide bonds. The number of aliphatic carboxylic acids is 1. The molecule has 1 unspecified atom stereocenters. The zero-order valence-electron chi connectivity index (χ0n) is 9.33. The first-order valence-electron chi connectivity index (χ1n) is 5.53. The van der Waals surface area contributed by atoms with Crippen LogP contribution in [-0.4, -0.2) is 11.1 Å². The van der Waals surface area contributed by atoms with Gasteiger partial charge in [-0.15, -0.1) is 0 Å². The average molecular weight is 198 g/mol. The Kier molecular flexibility index (Phi) is 8.30. The first-order valence-corrected chi connectivity index (χ1v) is 5.53. The number of rotatable bonds is 8. The van der Waals surface area contributed by atoms with Gasteiger partial charge in [0.05, 0.1) is 0 Å². The third kappa shape index (κ3) is 9.30. The molecule has 0 radical (unpaired) electrons. The number of carboxylic acid groups (broad SMARTS) is 1. The summed E-state index contributed by atoms with van der Waals surface area (Å²) < 4.78 is 0. The van der Waals surface area contributed by atoms with Gasteiger partial charge in [-0.25, -0.2) is 0 Å². The highest BCUT2D eigenvalue weighted by Gasteiger charge is 2.04. The molecule has 1 atom stereocenters. The fourth-order valence-electron chi connectivity index (χ4n) is 1.34. The van der Waals surface area contributed by atoms with E-state index in [1.54, 1.807) is 0 Å². The van der Waals surface area contributed by atoms with Gasteiger partial charge in [0, 0.05) is 6.42 Å². The number of carboxylic acids is 1. The van der Waals surface area contributed by atoms with Crippen molar-refractivity contribution >= 4 is 5.97 Å². The van der Waals surface area contributed by atoms with E-state index in [2.05, 4.69) is 19.1 Å².